The van der Waals surface area contributed by atoms with Crippen LogP contribution in [0.25, 0.3) is 0 Å². The van der Waals surface area contributed by atoms with E-state index >= 15 is 0 Å². The van der Waals surface area contributed by atoms with Crippen molar-refractivity contribution < 1.29 is 23.3 Å². The summed E-state index contributed by atoms with van der Waals surface area (Å²) in [5.74, 6) is 2.12. The molecule has 0 fully saturated rings. The lowest BCUT2D eigenvalue weighted by atomic mass is 10.1. The Labute approximate surface area is 116 Å². The van der Waals surface area contributed by atoms with Crippen LogP contribution in [0, 0.1) is 15.9 Å². The molecule has 2 rings (SSSR count). The standard InChI is InChI=1S/C12H8FN3O5/c13-8-4-3-7(6-9(8)16(19)20)11(17)15(14)12(18)10-2-1-5-21-10/h1-6H,14H2. The van der Waals surface area contributed by atoms with E-state index in [9.17, 15) is 24.1 Å². The maximum absolute atomic E-state index is 13.2. The number of benzene rings is 1. The molecule has 0 unspecified atom stereocenters. The maximum Gasteiger partial charge on any atom is 0.310 e. The molecule has 0 atom stereocenters. The van der Waals surface area contributed by atoms with Crippen LogP contribution in [0.3, 0.4) is 0 Å². The Bertz CT molecular complexity index is 714. The Balaban J connectivity index is 2.30. The van der Waals surface area contributed by atoms with Crippen LogP contribution in [-0.2, 0) is 0 Å². The molecule has 0 aliphatic heterocycles. The number of hydrogen-bond acceptors (Lipinski definition) is 6. The molecular formula is C12H8FN3O5. The predicted octanol–water partition coefficient (Wildman–Crippen LogP) is 1.48. The van der Waals surface area contributed by atoms with Gasteiger partial charge in [0.25, 0.3) is 5.91 Å². The number of hydrogen-bond donors (Lipinski definition) is 1. The number of nitro benzene ring substituents is 1. The van der Waals surface area contributed by atoms with Gasteiger partial charge in [-0.1, -0.05) is 0 Å². The summed E-state index contributed by atoms with van der Waals surface area (Å²) in [5, 5.41) is 10.8. The Morgan fingerprint density at radius 3 is 2.57 bits per heavy atom. The van der Waals surface area contributed by atoms with E-state index in [0.29, 0.717) is 6.07 Å². The van der Waals surface area contributed by atoms with Crippen molar-refractivity contribution in [2.75, 3.05) is 0 Å². The summed E-state index contributed by atoms with van der Waals surface area (Å²) in [6.45, 7) is 0. The van der Waals surface area contributed by atoms with Gasteiger partial charge in [0, 0.05) is 11.6 Å². The lowest BCUT2D eigenvalue weighted by Gasteiger charge is -2.13. The number of hydrazine groups is 1. The normalized spacial score (nSPS) is 10.2. The third-order valence-corrected chi connectivity index (χ3v) is 2.56. The van der Waals surface area contributed by atoms with Crippen LogP contribution in [0.1, 0.15) is 20.9 Å². The highest BCUT2D eigenvalue weighted by Gasteiger charge is 2.25. The van der Waals surface area contributed by atoms with Crippen molar-refractivity contribution in [3.63, 3.8) is 0 Å². The van der Waals surface area contributed by atoms with Crippen LogP contribution in [0.4, 0.5) is 10.1 Å². The zero-order chi connectivity index (χ0) is 15.6. The zero-order valence-corrected chi connectivity index (χ0v) is 10.4. The summed E-state index contributed by atoms with van der Waals surface area (Å²) in [7, 11) is 0. The number of amides is 2. The molecule has 2 aromatic rings. The van der Waals surface area contributed by atoms with Gasteiger partial charge in [0.1, 0.15) is 0 Å². The average molecular weight is 293 g/mol. The molecule has 0 aliphatic rings. The van der Waals surface area contributed by atoms with Crippen LogP contribution in [0.15, 0.2) is 41.0 Å². The molecule has 0 bridgehead atoms. The monoisotopic (exact) mass is 293 g/mol. The summed E-state index contributed by atoms with van der Waals surface area (Å²) in [6, 6.07) is 5.15. The molecule has 0 aliphatic carbocycles. The van der Waals surface area contributed by atoms with Gasteiger partial charge in [-0.25, -0.2) is 10.9 Å². The molecular weight excluding hydrogens is 285 g/mol. The van der Waals surface area contributed by atoms with Gasteiger partial charge < -0.3 is 4.42 Å². The highest BCUT2D eigenvalue weighted by atomic mass is 19.1. The number of nitrogens with zero attached hydrogens (tertiary/aromatic N) is 2. The molecule has 1 heterocycles. The fraction of sp³-hybridized carbons (Fsp3) is 0. The van der Waals surface area contributed by atoms with Crippen molar-refractivity contribution in [2.24, 2.45) is 5.84 Å². The molecule has 0 saturated carbocycles. The number of nitrogens with two attached hydrogens (primary N) is 1. The fourth-order valence-electron chi connectivity index (χ4n) is 1.54. The van der Waals surface area contributed by atoms with Crippen molar-refractivity contribution in [1.82, 2.24) is 5.01 Å². The summed E-state index contributed by atoms with van der Waals surface area (Å²) in [4.78, 5) is 33.4. The van der Waals surface area contributed by atoms with E-state index in [0.717, 1.165) is 12.1 Å². The third kappa shape index (κ3) is 2.77. The molecule has 2 amide bonds. The van der Waals surface area contributed by atoms with Crippen LogP contribution < -0.4 is 5.84 Å². The number of nitro groups is 1. The van der Waals surface area contributed by atoms with E-state index in [1.54, 1.807) is 0 Å². The Morgan fingerprint density at radius 1 is 1.29 bits per heavy atom. The molecule has 1 aromatic carbocycles. The molecule has 8 nitrogen and oxygen atoms in total. The first kappa shape index (κ1) is 14.3. The van der Waals surface area contributed by atoms with Gasteiger partial charge in [-0.3, -0.25) is 19.7 Å². The minimum Gasteiger partial charge on any atom is -0.459 e. The fourth-order valence-corrected chi connectivity index (χ4v) is 1.54. The van der Waals surface area contributed by atoms with E-state index in [1.165, 1.54) is 18.4 Å². The van der Waals surface area contributed by atoms with E-state index in [1.807, 2.05) is 0 Å². The highest BCUT2D eigenvalue weighted by Crippen LogP contribution is 2.19. The molecule has 1 aromatic heterocycles. The zero-order valence-electron chi connectivity index (χ0n) is 10.4. The molecule has 108 valence electrons. The van der Waals surface area contributed by atoms with Crippen LogP contribution in [0.2, 0.25) is 0 Å². The summed E-state index contributed by atoms with van der Waals surface area (Å²) in [6.07, 6.45) is 1.22. The first-order valence-corrected chi connectivity index (χ1v) is 5.52. The number of rotatable bonds is 3. The van der Waals surface area contributed by atoms with Gasteiger partial charge in [-0.2, -0.15) is 4.39 Å². The van der Waals surface area contributed by atoms with Crippen molar-refractivity contribution in [3.05, 3.63) is 63.9 Å². The largest absolute Gasteiger partial charge is 0.459 e. The summed E-state index contributed by atoms with van der Waals surface area (Å²) >= 11 is 0. The second-order valence-corrected chi connectivity index (χ2v) is 3.88. The second kappa shape index (κ2) is 5.51. The second-order valence-electron chi connectivity index (χ2n) is 3.88. The quantitative estimate of drug-likeness (QED) is 0.301. The number of imide groups is 1. The van der Waals surface area contributed by atoms with Crippen LogP contribution >= 0.6 is 0 Å². The minimum absolute atomic E-state index is 0.178. The Hall–Kier alpha value is -3.07. The first-order valence-electron chi connectivity index (χ1n) is 5.52. The van der Waals surface area contributed by atoms with E-state index in [-0.39, 0.29) is 16.3 Å². The Morgan fingerprint density at radius 2 is 2.00 bits per heavy atom. The maximum atomic E-state index is 13.2. The van der Waals surface area contributed by atoms with E-state index < -0.39 is 28.2 Å². The summed E-state index contributed by atoms with van der Waals surface area (Å²) < 4.78 is 18.0. The number of furan rings is 1. The first-order chi connectivity index (χ1) is 9.91. The third-order valence-electron chi connectivity index (χ3n) is 2.56. The number of carbonyl (C=O) groups is 2. The van der Waals surface area contributed by atoms with Crippen LogP contribution in [-0.4, -0.2) is 21.7 Å². The van der Waals surface area contributed by atoms with Gasteiger partial charge in [0.05, 0.1) is 11.2 Å². The molecule has 9 heteroatoms. The lowest BCUT2D eigenvalue weighted by molar-refractivity contribution is -0.387. The topological polar surface area (TPSA) is 120 Å². The van der Waals surface area contributed by atoms with E-state index in [4.69, 9.17) is 10.3 Å². The molecule has 21 heavy (non-hydrogen) atoms. The Kier molecular flexibility index (Phi) is 3.76. The summed E-state index contributed by atoms with van der Waals surface area (Å²) in [5.41, 5.74) is -1.19. The number of carbonyl (C=O) groups excluding carboxylic acids is 2. The van der Waals surface area contributed by atoms with Crippen molar-refractivity contribution in [1.29, 1.82) is 0 Å². The van der Waals surface area contributed by atoms with Crippen molar-refractivity contribution >= 4 is 17.5 Å². The lowest BCUT2D eigenvalue weighted by Crippen LogP contribution is -2.42. The molecule has 0 radical (unpaired) electrons. The van der Waals surface area contributed by atoms with Gasteiger partial charge >= 0.3 is 11.6 Å². The van der Waals surface area contributed by atoms with Crippen molar-refractivity contribution in [2.45, 2.75) is 0 Å². The van der Waals surface area contributed by atoms with Gasteiger partial charge in [0.2, 0.25) is 5.82 Å². The van der Waals surface area contributed by atoms with Crippen LogP contribution in [0.5, 0.6) is 0 Å². The SMILES string of the molecule is NN(C(=O)c1ccc(F)c([N+](=O)[O-])c1)C(=O)c1ccco1. The van der Waals surface area contributed by atoms with Gasteiger partial charge in [-0.05, 0) is 24.3 Å². The predicted molar refractivity (Wildman–Crippen MR) is 66.4 cm³/mol. The number of halogens is 1. The molecule has 0 spiro atoms. The van der Waals surface area contributed by atoms with Gasteiger partial charge in [-0.15, -0.1) is 0 Å². The van der Waals surface area contributed by atoms with E-state index in [2.05, 4.69) is 0 Å². The average Bonchev–Trinajstić information content (AvgIpc) is 2.99. The van der Waals surface area contributed by atoms with Crippen molar-refractivity contribution in [3.8, 4) is 0 Å². The molecule has 0 saturated heterocycles. The smallest absolute Gasteiger partial charge is 0.310 e. The van der Waals surface area contributed by atoms with Gasteiger partial charge in [0.15, 0.2) is 5.76 Å². The highest BCUT2D eigenvalue weighted by molar-refractivity contribution is 6.08. The molecule has 2 N–H and O–H groups in total. The minimum atomic E-state index is -1.10.